The van der Waals surface area contributed by atoms with Crippen molar-refractivity contribution in [1.29, 1.82) is 0 Å². The number of hydrogen-bond donors (Lipinski definition) is 2. The Morgan fingerprint density at radius 1 is 1.30 bits per heavy atom. The molecular formula is C15H31N5. The van der Waals surface area contributed by atoms with Crippen LogP contribution in [0.4, 0.5) is 0 Å². The zero-order chi connectivity index (χ0) is 15.2. The normalized spacial score (nSPS) is 13.9. The Morgan fingerprint density at radius 3 is 2.25 bits per heavy atom. The van der Waals surface area contributed by atoms with E-state index in [0.29, 0.717) is 0 Å². The summed E-state index contributed by atoms with van der Waals surface area (Å²) in [6.45, 7) is 11.1. The molecule has 0 aliphatic heterocycles. The summed E-state index contributed by atoms with van der Waals surface area (Å²) in [5, 5.41) is 4.26. The van der Waals surface area contributed by atoms with Crippen LogP contribution in [0, 0.1) is 0 Å². The Bertz CT molecular complexity index is 379. The predicted octanol–water partition coefficient (Wildman–Crippen LogP) is 1.70. The first-order chi connectivity index (χ1) is 9.57. The van der Waals surface area contributed by atoms with Gasteiger partial charge in [-0.2, -0.15) is 5.10 Å². The minimum atomic E-state index is 0.0914. The van der Waals surface area contributed by atoms with Crippen molar-refractivity contribution in [3.8, 4) is 0 Å². The summed E-state index contributed by atoms with van der Waals surface area (Å²) in [4.78, 5) is 2.54. The molecule has 5 nitrogen and oxygen atoms in total. The third-order valence-corrected chi connectivity index (χ3v) is 4.67. The molecule has 0 spiro atoms. The van der Waals surface area contributed by atoms with Gasteiger partial charge >= 0.3 is 0 Å². The van der Waals surface area contributed by atoms with Gasteiger partial charge in [-0.15, -0.1) is 0 Å². The highest BCUT2D eigenvalue weighted by molar-refractivity contribution is 5.10. The van der Waals surface area contributed by atoms with Crippen molar-refractivity contribution in [3.63, 3.8) is 0 Å². The summed E-state index contributed by atoms with van der Waals surface area (Å²) in [5.74, 6) is 5.91. The van der Waals surface area contributed by atoms with Crippen LogP contribution in [0.1, 0.15) is 46.1 Å². The lowest BCUT2D eigenvalue weighted by Gasteiger charge is -2.47. The van der Waals surface area contributed by atoms with Crippen molar-refractivity contribution < 1.29 is 0 Å². The van der Waals surface area contributed by atoms with Gasteiger partial charge in [-0.25, -0.2) is 0 Å². The number of hydrogen-bond acceptors (Lipinski definition) is 4. The highest BCUT2D eigenvalue weighted by Gasteiger charge is 2.39. The lowest BCUT2D eigenvalue weighted by Crippen LogP contribution is -2.63. The lowest BCUT2D eigenvalue weighted by molar-refractivity contribution is 0.0492. The van der Waals surface area contributed by atoms with Crippen LogP contribution < -0.4 is 11.3 Å². The van der Waals surface area contributed by atoms with Crippen molar-refractivity contribution >= 4 is 0 Å². The van der Waals surface area contributed by atoms with Gasteiger partial charge in [0.05, 0.1) is 6.20 Å². The number of aryl methyl sites for hydroxylation is 1. The van der Waals surface area contributed by atoms with Gasteiger partial charge in [0.15, 0.2) is 0 Å². The van der Waals surface area contributed by atoms with Crippen LogP contribution in [0.25, 0.3) is 0 Å². The van der Waals surface area contributed by atoms with Gasteiger partial charge in [-0.05, 0) is 37.9 Å². The molecule has 0 saturated carbocycles. The maximum atomic E-state index is 5.91. The van der Waals surface area contributed by atoms with E-state index in [1.807, 2.05) is 17.9 Å². The van der Waals surface area contributed by atoms with E-state index in [4.69, 9.17) is 5.84 Å². The maximum absolute atomic E-state index is 5.91. The highest BCUT2D eigenvalue weighted by atomic mass is 15.3. The summed E-state index contributed by atoms with van der Waals surface area (Å²) in [7, 11) is 1.95. The largest absolute Gasteiger partial charge is 0.297 e. The second kappa shape index (κ2) is 7.76. The van der Waals surface area contributed by atoms with E-state index in [0.717, 1.165) is 32.4 Å². The van der Waals surface area contributed by atoms with Crippen LogP contribution in [0.5, 0.6) is 0 Å². The Hall–Kier alpha value is -0.910. The second-order valence-corrected chi connectivity index (χ2v) is 5.43. The zero-order valence-corrected chi connectivity index (χ0v) is 13.7. The first-order valence-electron chi connectivity index (χ1n) is 7.76. The van der Waals surface area contributed by atoms with Crippen LogP contribution in [0.2, 0.25) is 0 Å². The predicted molar refractivity (Wildman–Crippen MR) is 84.3 cm³/mol. The number of nitrogens with one attached hydrogen (secondary N) is 1. The molecule has 1 unspecified atom stereocenters. The molecule has 1 atom stereocenters. The zero-order valence-electron chi connectivity index (χ0n) is 13.7. The van der Waals surface area contributed by atoms with Gasteiger partial charge in [0.2, 0.25) is 0 Å². The molecule has 116 valence electrons. The Balaban J connectivity index is 3.01. The third kappa shape index (κ3) is 3.40. The molecule has 0 aliphatic rings. The summed E-state index contributed by atoms with van der Waals surface area (Å²) in [5.41, 5.74) is 4.39. The molecule has 0 aromatic carbocycles. The van der Waals surface area contributed by atoms with E-state index in [9.17, 15) is 0 Å². The standard InChI is InChI=1S/C15H31N5/c1-6-15(7-2,20(8-3)9-4)14(18-16)10-13-11-17-19(5)12-13/h11-12,14,18H,6-10,16H2,1-5H3. The maximum Gasteiger partial charge on any atom is 0.0522 e. The molecule has 0 fully saturated rings. The molecule has 5 heteroatoms. The smallest absolute Gasteiger partial charge is 0.0522 e. The molecule has 0 saturated heterocycles. The highest BCUT2D eigenvalue weighted by Crippen LogP contribution is 2.29. The first-order valence-corrected chi connectivity index (χ1v) is 7.76. The van der Waals surface area contributed by atoms with Crippen LogP contribution in [-0.4, -0.2) is 39.4 Å². The monoisotopic (exact) mass is 281 g/mol. The van der Waals surface area contributed by atoms with E-state index in [-0.39, 0.29) is 11.6 Å². The third-order valence-electron chi connectivity index (χ3n) is 4.67. The van der Waals surface area contributed by atoms with Crippen molar-refractivity contribution in [2.75, 3.05) is 13.1 Å². The summed E-state index contributed by atoms with van der Waals surface area (Å²) in [6.07, 6.45) is 7.08. The van der Waals surface area contributed by atoms with Gasteiger partial charge in [-0.1, -0.05) is 27.7 Å². The van der Waals surface area contributed by atoms with E-state index in [1.54, 1.807) is 0 Å². The van der Waals surface area contributed by atoms with Crippen LogP contribution >= 0.6 is 0 Å². The minimum Gasteiger partial charge on any atom is -0.297 e. The van der Waals surface area contributed by atoms with E-state index >= 15 is 0 Å². The molecule has 3 N–H and O–H groups in total. The van der Waals surface area contributed by atoms with E-state index in [2.05, 4.69) is 49.3 Å². The Labute approximate surface area is 123 Å². The van der Waals surface area contributed by atoms with Crippen molar-refractivity contribution in [3.05, 3.63) is 18.0 Å². The van der Waals surface area contributed by atoms with Crippen LogP contribution in [0.3, 0.4) is 0 Å². The number of hydrazine groups is 1. The quantitative estimate of drug-likeness (QED) is 0.534. The number of aromatic nitrogens is 2. The van der Waals surface area contributed by atoms with E-state index < -0.39 is 0 Å². The molecule has 0 amide bonds. The average Bonchev–Trinajstić information content (AvgIpc) is 2.88. The fourth-order valence-corrected chi connectivity index (χ4v) is 3.48. The Morgan fingerprint density at radius 2 is 1.90 bits per heavy atom. The topological polar surface area (TPSA) is 59.1 Å². The van der Waals surface area contributed by atoms with Crippen molar-refractivity contribution in [1.82, 2.24) is 20.1 Å². The molecule has 1 aromatic heterocycles. The fourth-order valence-electron chi connectivity index (χ4n) is 3.48. The van der Waals surface area contributed by atoms with Gasteiger partial charge in [-0.3, -0.25) is 20.9 Å². The van der Waals surface area contributed by atoms with Gasteiger partial charge in [0.1, 0.15) is 0 Å². The first kappa shape index (κ1) is 17.1. The SMILES string of the molecule is CCN(CC)C(CC)(CC)C(Cc1cnn(C)c1)NN. The molecule has 0 aliphatic carbocycles. The fraction of sp³-hybridized carbons (Fsp3) is 0.800. The van der Waals surface area contributed by atoms with Gasteiger partial charge in [0.25, 0.3) is 0 Å². The second-order valence-electron chi connectivity index (χ2n) is 5.43. The van der Waals surface area contributed by atoms with Crippen LogP contribution in [-0.2, 0) is 13.5 Å². The average molecular weight is 281 g/mol. The molecule has 20 heavy (non-hydrogen) atoms. The summed E-state index contributed by atoms with van der Waals surface area (Å²) < 4.78 is 1.85. The van der Waals surface area contributed by atoms with Crippen LogP contribution in [0.15, 0.2) is 12.4 Å². The summed E-state index contributed by atoms with van der Waals surface area (Å²) >= 11 is 0. The van der Waals surface area contributed by atoms with Crippen molar-refractivity contribution in [2.24, 2.45) is 12.9 Å². The Kier molecular flexibility index (Phi) is 6.65. The summed E-state index contributed by atoms with van der Waals surface area (Å²) in [6, 6.07) is 0.224. The van der Waals surface area contributed by atoms with Gasteiger partial charge < -0.3 is 0 Å². The molecule has 1 rings (SSSR count). The van der Waals surface area contributed by atoms with E-state index in [1.165, 1.54) is 5.56 Å². The molecule has 1 heterocycles. The number of rotatable bonds is 9. The van der Waals surface area contributed by atoms with Crippen molar-refractivity contribution in [2.45, 2.75) is 58.5 Å². The number of likely N-dealkylation sites (N-methyl/N-ethyl adjacent to an activating group) is 1. The molecule has 0 radical (unpaired) electrons. The number of nitrogens with two attached hydrogens (primary N) is 1. The lowest BCUT2D eigenvalue weighted by atomic mass is 9.80. The molecular weight excluding hydrogens is 250 g/mol. The molecule has 1 aromatic rings. The van der Waals surface area contributed by atoms with Gasteiger partial charge in [0, 0.05) is 24.8 Å². The number of nitrogens with zero attached hydrogens (tertiary/aromatic N) is 3. The molecule has 0 bridgehead atoms. The minimum absolute atomic E-state index is 0.0914.